The predicted octanol–water partition coefficient (Wildman–Crippen LogP) is 2.39. The first-order valence-electron chi connectivity index (χ1n) is 7.81. The first-order chi connectivity index (χ1) is 9.72. The van der Waals surface area contributed by atoms with E-state index >= 15 is 0 Å². The Kier molecular flexibility index (Phi) is 5.60. The number of amides is 1. The molecule has 0 bridgehead atoms. The third-order valence-corrected chi connectivity index (χ3v) is 4.26. The van der Waals surface area contributed by atoms with Crippen molar-refractivity contribution in [3.8, 4) is 0 Å². The lowest BCUT2D eigenvalue weighted by Gasteiger charge is -2.26. The minimum atomic E-state index is 0.196. The van der Waals surface area contributed by atoms with Crippen molar-refractivity contribution in [3.05, 3.63) is 35.4 Å². The molecule has 1 aromatic carbocycles. The van der Waals surface area contributed by atoms with Gasteiger partial charge in [0, 0.05) is 19.0 Å². The predicted molar refractivity (Wildman–Crippen MR) is 82.8 cm³/mol. The molecule has 0 spiro atoms. The van der Waals surface area contributed by atoms with Crippen LogP contribution in [-0.4, -0.2) is 36.5 Å². The first-order valence-corrected chi connectivity index (χ1v) is 7.81. The van der Waals surface area contributed by atoms with Crippen LogP contribution in [0.3, 0.4) is 0 Å². The summed E-state index contributed by atoms with van der Waals surface area (Å²) in [5.74, 6) is 0.196. The smallest absolute Gasteiger partial charge is 0.221 e. The Morgan fingerprint density at radius 3 is 2.65 bits per heavy atom. The van der Waals surface area contributed by atoms with Crippen molar-refractivity contribution < 1.29 is 4.79 Å². The van der Waals surface area contributed by atoms with Crippen molar-refractivity contribution in [2.75, 3.05) is 19.6 Å². The second kappa shape index (κ2) is 7.44. The minimum absolute atomic E-state index is 0.196. The van der Waals surface area contributed by atoms with Gasteiger partial charge in [0.05, 0.1) is 0 Å². The fraction of sp³-hybridized carbons (Fsp3) is 0.588. The van der Waals surface area contributed by atoms with E-state index in [0.717, 1.165) is 38.9 Å². The van der Waals surface area contributed by atoms with E-state index in [-0.39, 0.29) is 5.91 Å². The Labute approximate surface area is 122 Å². The molecule has 3 heteroatoms. The number of fused-ring (bicyclic) bond motifs is 1. The van der Waals surface area contributed by atoms with Crippen LogP contribution in [0.2, 0.25) is 0 Å². The highest BCUT2D eigenvalue weighted by atomic mass is 16.1. The SMILES string of the molecule is CCN(CC)CCC(=O)N[C@H]1CCc2ccccc2C1. The van der Waals surface area contributed by atoms with Gasteiger partial charge in [0.15, 0.2) is 0 Å². The molecule has 1 aliphatic carbocycles. The van der Waals surface area contributed by atoms with Gasteiger partial charge in [-0.05, 0) is 43.5 Å². The monoisotopic (exact) mass is 274 g/mol. The lowest BCUT2D eigenvalue weighted by atomic mass is 9.88. The zero-order chi connectivity index (χ0) is 14.4. The summed E-state index contributed by atoms with van der Waals surface area (Å²) in [6.45, 7) is 7.17. The van der Waals surface area contributed by atoms with E-state index in [2.05, 4.69) is 48.3 Å². The summed E-state index contributed by atoms with van der Waals surface area (Å²) in [4.78, 5) is 14.3. The lowest BCUT2D eigenvalue weighted by molar-refractivity contribution is -0.122. The summed E-state index contributed by atoms with van der Waals surface area (Å²) < 4.78 is 0. The number of carbonyl (C=O) groups excluding carboxylic acids is 1. The quantitative estimate of drug-likeness (QED) is 0.864. The van der Waals surface area contributed by atoms with Crippen molar-refractivity contribution >= 4 is 5.91 Å². The molecule has 1 aromatic rings. The second-order valence-corrected chi connectivity index (χ2v) is 5.55. The Morgan fingerprint density at radius 1 is 1.25 bits per heavy atom. The molecular formula is C17H26N2O. The molecule has 0 heterocycles. The van der Waals surface area contributed by atoms with Crippen molar-refractivity contribution in [2.24, 2.45) is 0 Å². The fourth-order valence-corrected chi connectivity index (χ4v) is 2.92. The molecule has 1 amide bonds. The molecule has 2 rings (SSSR count). The number of nitrogens with zero attached hydrogens (tertiary/aromatic N) is 1. The molecule has 1 aliphatic rings. The van der Waals surface area contributed by atoms with Gasteiger partial charge >= 0.3 is 0 Å². The van der Waals surface area contributed by atoms with Gasteiger partial charge in [-0.1, -0.05) is 38.1 Å². The normalized spacial score (nSPS) is 17.9. The lowest BCUT2D eigenvalue weighted by Crippen LogP contribution is -2.40. The maximum atomic E-state index is 12.0. The summed E-state index contributed by atoms with van der Waals surface area (Å²) in [5.41, 5.74) is 2.84. The minimum Gasteiger partial charge on any atom is -0.353 e. The molecular weight excluding hydrogens is 248 g/mol. The first kappa shape index (κ1) is 15.0. The van der Waals surface area contributed by atoms with Gasteiger partial charge in [0.2, 0.25) is 5.91 Å². The molecule has 20 heavy (non-hydrogen) atoms. The summed E-state index contributed by atoms with van der Waals surface area (Å²) in [5, 5.41) is 3.20. The maximum Gasteiger partial charge on any atom is 0.221 e. The Balaban J connectivity index is 1.79. The molecule has 0 fully saturated rings. The van der Waals surface area contributed by atoms with Gasteiger partial charge < -0.3 is 10.2 Å². The van der Waals surface area contributed by atoms with Gasteiger partial charge in [-0.3, -0.25) is 4.79 Å². The molecule has 1 N–H and O–H groups in total. The second-order valence-electron chi connectivity index (χ2n) is 5.55. The van der Waals surface area contributed by atoms with E-state index in [1.54, 1.807) is 0 Å². The summed E-state index contributed by atoms with van der Waals surface area (Å²) in [6, 6.07) is 8.89. The number of carbonyl (C=O) groups is 1. The maximum absolute atomic E-state index is 12.0. The Morgan fingerprint density at radius 2 is 1.95 bits per heavy atom. The average Bonchev–Trinajstić information content (AvgIpc) is 2.48. The van der Waals surface area contributed by atoms with Crippen LogP contribution in [0.15, 0.2) is 24.3 Å². The number of aryl methyl sites for hydroxylation is 1. The van der Waals surface area contributed by atoms with E-state index in [9.17, 15) is 4.79 Å². The van der Waals surface area contributed by atoms with Gasteiger partial charge in [-0.15, -0.1) is 0 Å². The zero-order valence-electron chi connectivity index (χ0n) is 12.7. The number of hydrogen-bond acceptors (Lipinski definition) is 2. The summed E-state index contributed by atoms with van der Waals surface area (Å²) >= 11 is 0. The van der Waals surface area contributed by atoms with Crippen LogP contribution in [0, 0.1) is 0 Å². The van der Waals surface area contributed by atoms with Gasteiger partial charge in [0.25, 0.3) is 0 Å². The third-order valence-electron chi connectivity index (χ3n) is 4.26. The molecule has 0 saturated carbocycles. The number of hydrogen-bond donors (Lipinski definition) is 1. The molecule has 0 saturated heterocycles. The Hall–Kier alpha value is -1.35. The summed E-state index contributed by atoms with van der Waals surface area (Å²) in [6.07, 6.45) is 3.73. The number of benzene rings is 1. The molecule has 0 aliphatic heterocycles. The molecule has 0 aromatic heterocycles. The topological polar surface area (TPSA) is 32.3 Å². The van der Waals surface area contributed by atoms with Crippen molar-refractivity contribution in [2.45, 2.75) is 45.6 Å². The highest BCUT2D eigenvalue weighted by Gasteiger charge is 2.19. The van der Waals surface area contributed by atoms with Gasteiger partial charge in [0.1, 0.15) is 0 Å². The van der Waals surface area contributed by atoms with Gasteiger partial charge in [-0.2, -0.15) is 0 Å². The fourth-order valence-electron chi connectivity index (χ4n) is 2.92. The highest BCUT2D eigenvalue weighted by Crippen LogP contribution is 2.20. The van der Waals surface area contributed by atoms with Crippen molar-refractivity contribution in [1.29, 1.82) is 0 Å². The van der Waals surface area contributed by atoms with Crippen LogP contribution in [0.4, 0.5) is 0 Å². The molecule has 0 radical (unpaired) electrons. The van der Waals surface area contributed by atoms with Crippen LogP contribution in [0.1, 0.15) is 37.8 Å². The van der Waals surface area contributed by atoms with Gasteiger partial charge in [-0.25, -0.2) is 0 Å². The van der Waals surface area contributed by atoms with E-state index in [1.807, 2.05) is 0 Å². The number of rotatable bonds is 6. The van der Waals surface area contributed by atoms with Crippen LogP contribution < -0.4 is 5.32 Å². The van der Waals surface area contributed by atoms with Crippen LogP contribution in [-0.2, 0) is 17.6 Å². The van der Waals surface area contributed by atoms with Crippen LogP contribution >= 0.6 is 0 Å². The van der Waals surface area contributed by atoms with Crippen LogP contribution in [0.5, 0.6) is 0 Å². The largest absolute Gasteiger partial charge is 0.353 e. The van der Waals surface area contributed by atoms with E-state index in [1.165, 1.54) is 11.1 Å². The molecule has 1 atom stereocenters. The van der Waals surface area contributed by atoms with E-state index in [4.69, 9.17) is 0 Å². The highest BCUT2D eigenvalue weighted by molar-refractivity contribution is 5.76. The molecule has 110 valence electrons. The Bertz CT molecular complexity index is 440. The molecule has 0 unspecified atom stereocenters. The van der Waals surface area contributed by atoms with Crippen molar-refractivity contribution in [1.82, 2.24) is 10.2 Å². The standard InChI is InChI=1S/C17H26N2O/c1-3-19(4-2)12-11-17(20)18-16-10-9-14-7-5-6-8-15(14)13-16/h5-8,16H,3-4,9-13H2,1-2H3,(H,18,20)/t16-/m0/s1. The van der Waals surface area contributed by atoms with E-state index in [0.29, 0.717) is 12.5 Å². The zero-order valence-corrected chi connectivity index (χ0v) is 12.7. The van der Waals surface area contributed by atoms with E-state index < -0.39 is 0 Å². The van der Waals surface area contributed by atoms with Crippen molar-refractivity contribution in [3.63, 3.8) is 0 Å². The number of nitrogens with one attached hydrogen (secondary N) is 1. The molecule has 3 nitrogen and oxygen atoms in total. The average molecular weight is 274 g/mol. The summed E-state index contributed by atoms with van der Waals surface area (Å²) in [7, 11) is 0. The van der Waals surface area contributed by atoms with Crippen LogP contribution in [0.25, 0.3) is 0 Å². The third kappa shape index (κ3) is 4.07.